The zero-order chi connectivity index (χ0) is 17.3. The molecule has 0 radical (unpaired) electrons. The minimum absolute atomic E-state index is 0.119. The van der Waals surface area contributed by atoms with Crippen LogP contribution in [0.25, 0.3) is 0 Å². The predicted molar refractivity (Wildman–Crippen MR) is 87.3 cm³/mol. The standard InChI is InChI=1S/C13H18ClN3O5S/c1-23(20,21)17-11-4-2-10(3-5-11)12(18)15-7-8-16-13(19)22-9-6-14/h2-5,17H,6-9H2,1H3,(H,15,18)(H,16,19). The highest BCUT2D eigenvalue weighted by Crippen LogP contribution is 2.10. The van der Waals surface area contributed by atoms with Crippen molar-refractivity contribution in [1.82, 2.24) is 10.6 Å². The third-order valence-electron chi connectivity index (χ3n) is 2.44. The van der Waals surface area contributed by atoms with E-state index in [9.17, 15) is 18.0 Å². The van der Waals surface area contributed by atoms with Crippen LogP contribution in [0.3, 0.4) is 0 Å². The third kappa shape index (κ3) is 8.27. The molecule has 3 N–H and O–H groups in total. The second-order valence-corrected chi connectivity index (χ2v) is 6.59. The minimum Gasteiger partial charge on any atom is -0.448 e. The fraction of sp³-hybridized carbons (Fsp3) is 0.385. The summed E-state index contributed by atoms with van der Waals surface area (Å²) in [6, 6.07) is 5.95. The summed E-state index contributed by atoms with van der Waals surface area (Å²) < 4.78 is 29.1. The van der Waals surface area contributed by atoms with Crippen LogP contribution in [0.5, 0.6) is 0 Å². The van der Waals surface area contributed by atoms with Crippen molar-refractivity contribution in [1.29, 1.82) is 0 Å². The normalized spacial score (nSPS) is 10.7. The maximum absolute atomic E-state index is 11.8. The topological polar surface area (TPSA) is 114 Å². The number of carbonyl (C=O) groups is 2. The van der Waals surface area contributed by atoms with Crippen LogP contribution < -0.4 is 15.4 Å². The monoisotopic (exact) mass is 363 g/mol. The van der Waals surface area contributed by atoms with Gasteiger partial charge in [0.05, 0.1) is 12.1 Å². The zero-order valence-electron chi connectivity index (χ0n) is 12.5. The molecule has 0 atom stereocenters. The predicted octanol–water partition coefficient (Wildman–Crippen LogP) is 0.753. The van der Waals surface area contributed by atoms with Crippen molar-refractivity contribution in [3.8, 4) is 0 Å². The number of carbonyl (C=O) groups excluding carboxylic acids is 2. The van der Waals surface area contributed by atoms with Gasteiger partial charge in [0.2, 0.25) is 10.0 Å². The summed E-state index contributed by atoms with van der Waals surface area (Å²) in [7, 11) is -3.35. The average Bonchev–Trinajstić information content (AvgIpc) is 2.48. The highest BCUT2D eigenvalue weighted by atomic mass is 35.5. The molecule has 23 heavy (non-hydrogen) atoms. The first-order chi connectivity index (χ1) is 10.8. The second kappa shape index (κ2) is 9.21. The molecule has 0 saturated heterocycles. The van der Waals surface area contributed by atoms with Gasteiger partial charge in [0.1, 0.15) is 6.61 Å². The van der Waals surface area contributed by atoms with E-state index in [0.717, 1.165) is 6.26 Å². The molecule has 0 fully saturated rings. The lowest BCUT2D eigenvalue weighted by molar-refractivity contribution is 0.0952. The lowest BCUT2D eigenvalue weighted by atomic mass is 10.2. The molecular weight excluding hydrogens is 346 g/mol. The first-order valence-electron chi connectivity index (χ1n) is 6.64. The Kier molecular flexibility index (Phi) is 7.63. The second-order valence-electron chi connectivity index (χ2n) is 4.46. The molecule has 0 heterocycles. The van der Waals surface area contributed by atoms with E-state index in [-0.39, 0.29) is 31.5 Å². The SMILES string of the molecule is CS(=O)(=O)Nc1ccc(C(=O)NCCNC(=O)OCCCl)cc1. The molecule has 10 heteroatoms. The summed E-state index contributed by atoms with van der Waals surface area (Å²) in [5.74, 6) is -0.124. The number of sulfonamides is 1. The van der Waals surface area contributed by atoms with Crippen molar-refractivity contribution in [2.24, 2.45) is 0 Å². The number of alkyl halides is 1. The number of benzene rings is 1. The van der Waals surface area contributed by atoms with Gasteiger partial charge in [-0.1, -0.05) is 0 Å². The van der Waals surface area contributed by atoms with Gasteiger partial charge in [-0.25, -0.2) is 13.2 Å². The highest BCUT2D eigenvalue weighted by molar-refractivity contribution is 7.92. The van der Waals surface area contributed by atoms with E-state index in [1.54, 1.807) is 0 Å². The molecule has 1 aromatic rings. The van der Waals surface area contributed by atoms with E-state index < -0.39 is 16.1 Å². The lowest BCUT2D eigenvalue weighted by Gasteiger charge is -2.08. The Labute approximate surface area is 139 Å². The lowest BCUT2D eigenvalue weighted by Crippen LogP contribution is -2.35. The van der Waals surface area contributed by atoms with E-state index >= 15 is 0 Å². The van der Waals surface area contributed by atoms with Crippen LogP contribution >= 0.6 is 11.6 Å². The molecule has 128 valence electrons. The Morgan fingerprint density at radius 1 is 1.13 bits per heavy atom. The summed E-state index contributed by atoms with van der Waals surface area (Å²) in [6.45, 7) is 0.548. The number of nitrogens with one attached hydrogen (secondary N) is 3. The number of rotatable bonds is 8. The summed E-state index contributed by atoms with van der Waals surface area (Å²) >= 11 is 5.36. The molecule has 1 aromatic carbocycles. The highest BCUT2D eigenvalue weighted by Gasteiger charge is 2.07. The number of amides is 2. The van der Waals surface area contributed by atoms with Crippen LogP contribution in [-0.2, 0) is 14.8 Å². The van der Waals surface area contributed by atoms with E-state index in [0.29, 0.717) is 11.3 Å². The minimum atomic E-state index is -3.35. The summed E-state index contributed by atoms with van der Waals surface area (Å²) in [5.41, 5.74) is 0.738. The van der Waals surface area contributed by atoms with Crippen molar-refractivity contribution in [3.63, 3.8) is 0 Å². The molecule has 0 aliphatic heterocycles. The molecule has 0 spiro atoms. The first kappa shape index (κ1) is 19.0. The quantitative estimate of drug-likeness (QED) is 0.466. The van der Waals surface area contributed by atoms with E-state index in [2.05, 4.69) is 20.1 Å². The Balaban J connectivity index is 2.36. The van der Waals surface area contributed by atoms with E-state index in [4.69, 9.17) is 11.6 Å². The maximum Gasteiger partial charge on any atom is 0.407 e. The van der Waals surface area contributed by atoms with Crippen LogP contribution in [0, 0.1) is 0 Å². The van der Waals surface area contributed by atoms with Crippen molar-refractivity contribution in [2.75, 3.05) is 36.6 Å². The molecule has 8 nitrogen and oxygen atoms in total. The Bertz CT molecular complexity index is 634. The van der Waals surface area contributed by atoms with Crippen LogP contribution in [0.1, 0.15) is 10.4 Å². The number of alkyl carbamates (subject to hydrolysis) is 1. The number of halogens is 1. The molecule has 0 aromatic heterocycles. The fourth-order valence-corrected chi connectivity index (χ4v) is 2.17. The van der Waals surface area contributed by atoms with Gasteiger partial charge in [-0.05, 0) is 24.3 Å². The van der Waals surface area contributed by atoms with Crippen LogP contribution in [0.2, 0.25) is 0 Å². The molecule has 0 saturated carbocycles. The molecule has 0 aliphatic rings. The van der Waals surface area contributed by atoms with E-state index in [1.165, 1.54) is 24.3 Å². The number of hydrogen-bond donors (Lipinski definition) is 3. The van der Waals surface area contributed by atoms with Crippen LogP contribution in [0.15, 0.2) is 24.3 Å². The van der Waals surface area contributed by atoms with Crippen molar-refractivity contribution >= 4 is 39.3 Å². The smallest absolute Gasteiger partial charge is 0.407 e. The Morgan fingerprint density at radius 3 is 2.30 bits per heavy atom. The number of ether oxygens (including phenoxy) is 1. The van der Waals surface area contributed by atoms with Gasteiger partial charge in [-0.3, -0.25) is 9.52 Å². The molecule has 0 aliphatic carbocycles. The van der Waals surface area contributed by atoms with Gasteiger partial charge < -0.3 is 15.4 Å². The first-order valence-corrected chi connectivity index (χ1v) is 9.07. The third-order valence-corrected chi connectivity index (χ3v) is 3.20. The molecular formula is C13H18ClN3O5S. The van der Waals surface area contributed by atoms with Gasteiger partial charge in [-0.2, -0.15) is 0 Å². The molecule has 2 amide bonds. The van der Waals surface area contributed by atoms with Crippen molar-refractivity contribution in [2.45, 2.75) is 0 Å². The van der Waals surface area contributed by atoms with Gasteiger partial charge in [0.25, 0.3) is 5.91 Å². The number of hydrogen-bond acceptors (Lipinski definition) is 5. The largest absolute Gasteiger partial charge is 0.448 e. The average molecular weight is 364 g/mol. The summed E-state index contributed by atoms with van der Waals surface area (Å²) in [6.07, 6.45) is 0.440. The van der Waals surface area contributed by atoms with Gasteiger partial charge in [-0.15, -0.1) is 11.6 Å². The van der Waals surface area contributed by atoms with E-state index in [1.807, 2.05) is 0 Å². The van der Waals surface area contributed by atoms with Crippen molar-refractivity contribution in [3.05, 3.63) is 29.8 Å². The Morgan fingerprint density at radius 2 is 1.74 bits per heavy atom. The summed E-state index contributed by atoms with van der Waals surface area (Å²) in [4.78, 5) is 23.0. The molecule has 0 unspecified atom stereocenters. The zero-order valence-corrected chi connectivity index (χ0v) is 14.0. The van der Waals surface area contributed by atoms with Crippen LogP contribution in [-0.4, -0.2) is 52.3 Å². The fourth-order valence-electron chi connectivity index (χ4n) is 1.53. The van der Waals surface area contributed by atoms with Gasteiger partial charge >= 0.3 is 6.09 Å². The maximum atomic E-state index is 11.8. The molecule has 0 bridgehead atoms. The Hall–Kier alpha value is -2.00. The molecule has 1 rings (SSSR count). The van der Waals surface area contributed by atoms with Crippen LogP contribution in [0.4, 0.5) is 10.5 Å². The van der Waals surface area contributed by atoms with Gasteiger partial charge in [0.15, 0.2) is 0 Å². The summed E-state index contributed by atoms with van der Waals surface area (Å²) in [5, 5.41) is 5.05. The van der Waals surface area contributed by atoms with Crippen molar-refractivity contribution < 1.29 is 22.7 Å². The number of anilines is 1. The van der Waals surface area contributed by atoms with Gasteiger partial charge in [0, 0.05) is 24.3 Å².